The minimum absolute atomic E-state index is 0.0496. The van der Waals surface area contributed by atoms with E-state index in [4.69, 9.17) is 4.98 Å². The van der Waals surface area contributed by atoms with Gasteiger partial charge in [-0.05, 0) is 32.0 Å². The lowest BCUT2D eigenvalue weighted by Gasteiger charge is -2.38. The largest absolute Gasteiger partial charge is 0.336 e. The minimum atomic E-state index is -0.466. The Morgan fingerprint density at radius 2 is 1.81 bits per heavy atom. The first-order chi connectivity index (χ1) is 15.3. The Balaban J connectivity index is 1.49. The number of carbonyl (C=O) groups excluding carboxylic acids is 1. The second-order valence-electron chi connectivity index (χ2n) is 8.11. The van der Waals surface area contributed by atoms with Crippen LogP contribution in [0.5, 0.6) is 0 Å². The maximum absolute atomic E-state index is 12.9. The highest BCUT2D eigenvalue weighted by atomic mass is 16.6. The van der Waals surface area contributed by atoms with Crippen LogP contribution in [0, 0.1) is 17.0 Å². The Hall–Kier alpha value is -3.59. The molecule has 0 aliphatic carbocycles. The highest BCUT2D eigenvalue weighted by Gasteiger charge is 2.28. The van der Waals surface area contributed by atoms with Crippen LogP contribution in [0.2, 0.25) is 0 Å². The molecule has 1 saturated heterocycles. The average Bonchev–Trinajstić information content (AvgIpc) is 2.80. The normalized spacial score (nSPS) is 15.7. The van der Waals surface area contributed by atoms with Crippen molar-refractivity contribution in [3.8, 4) is 0 Å². The Bertz CT molecular complexity index is 1260. The van der Waals surface area contributed by atoms with Gasteiger partial charge in [0.05, 0.1) is 21.9 Å². The topological polar surface area (TPSA) is 102 Å². The van der Waals surface area contributed by atoms with E-state index in [2.05, 4.69) is 4.90 Å². The van der Waals surface area contributed by atoms with Crippen molar-refractivity contribution in [3.05, 3.63) is 79.9 Å². The molecule has 0 spiro atoms. The van der Waals surface area contributed by atoms with Gasteiger partial charge in [0, 0.05) is 50.4 Å². The lowest BCUT2D eigenvalue weighted by molar-refractivity contribution is -0.385. The molecule has 2 aromatic carbocycles. The van der Waals surface area contributed by atoms with Crippen LogP contribution in [0.4, 0.5) is 5.69 Å². The lowest BCUT2D eigenvalue weighted by Crippen LogP contribution is -2.49. The molecule has 3 aromatic rings. The third-order valence-electron chi connectivity index (χ3n) is 6.19. The SMILES string of the molecule is Cc1ccc(C(=O)N2CCN(C(C)c3nc4ccccc4c(=O)n3C)CC2)cc1[N+](=O)[O-]. The van der Waals surface area contributed by atoms with Gasteiger partial charge in [0.15, 0.2) is 0 Å². The van der Waals surface area contributed by atoms with Crippen molar-refractivity contribution in [3.63, 3.8) is 0 Å². The molecule has 0 saturated carbocycles. The summed E-state index contributed by atoms with van der Waals surface area (Å²) in [5.74, 6) is 0.472. The number of piperazine rings is 1. The molecule has 4 rings (SSSR count). The first-order valence-electron chi connectivity index (χ1n) is 10.5. The standard InChI is InChI=1S/C23H25N5O4/c1-15-8-9-17(14-20(15)28(31)32)22(29)27-12-10-26(11-13-27)16(2)21-24-19-7-5-4-6-18(19)23(30)25(21)3/h4-9,14,16H,10-13H2,1-3H3. The number of nitrogens with zero attached hydrogens (tertiary/aromatic N) is 5. The number of hydrogen-bond donors (Lipinski definition) is 0. The van der Waals surface area contributed by atoms with Crippen molar-refractivity contribution in [1.29, 1.82) is 0 Å². The third-order valence-corrected chi connectivity index (χ3v) is 6.19. The van der Waals surface area contributed by atoms with E-state index in [1.54, 1.807) is 41.6 Å². The molecule has 166 valence electrons. The van der Waals surface area contributed by atoms with Crippen molar-refractivity contribution >= 4 is 22.5 Å². The van der Waals surface area contributed by atoms with Crippen LogP contribution in [-0.4, -0.2) is 56.4 Å². The van der Waals surface area contributed by atoms with Crippen LogP contribution in [0.15, 0.2) is 47.3 Å². The first-order valence-corrected chi connectivity index (χ1v) is 10.5. The third kappa shape index (κ3) is 3.87. The summed E-state index contributed by atoms with van der Waals surface area (Å²) in [7, 11) is 1.73. The molecular weight excluding hydrogens is 410 g/mol. The fourth-order valence-corrected chi connectivity index (χ4v) is 4.21. The van der Waals surface area contributed by atoms with Crippen LogP contribution in [-0.2, 0) is 7.05 Å². The summed E-state index contributed by atoms with van der Waals surface area (Å²) in [4.78, 5) is 45.0. The van der Waals surface area contributed by atoms with E-state index in [1.165, 1.54) is 6.07 Å². The number of benzene rings is 2. The fourth-order valence-electron chi connectivity index (χ4n) is 4.21. The summed E-state index contributed by atoms with van der Waals surface area (Å²) >= 11 is 0. The lowest BCUT2D eigenvalue weighted by atomic mass is 10.1. The highest BCUT2D eigenvalue weighted by Crippen LogP contribution is 2.23. The number of amides is 1. The van der Waals surface area contributed by atoms with E-state index in [1.807, 2.05) is 25.1 Å². The van der Waals surface area contributed by atoms with Gasteiger partial charge in [-0.1, -0.05) is 18.2 Å². The van der Waals surface area contributed by atoms with Gasteiger partial charge in [-0.15, -0.1) is 0 Å². The summed E-state index contributed by atoms with van der Waals surface area (Å²) < 4.78 is 1.59. The quantitative estimate of drug-likeness (QED) is 0.461. The van der Waals surface area contributed by atoms with Gasteiger partial charge in [-0.3, -0.25) is 29.2 Å². The molecule has 9 heteroatoms. The molecule has 0 radical (unpaired) electrons. The van der Waals surface area contributed by atoms with Gasteiger partial charge in [0.2, 0.25) is 0 Å². The molecule has 1 aliphatic heterocycles. The minimum Gasteiger partial charge on any atom is -0.336 e. The zero-order chi connectivity index (χ0) is 23.0. The predicted octanol–water partition coefficient (Wildman–Crippen LogP) is 2.67. The number of hydrogen-bond acceptors (Lipinski definition) is 6. The zero-order valence-corrected chi connectivity index (χ0v) is 18.3. The molecule has 1 aromatic heterocycles. The van der Waals surface area contributed by atoms with E-state index >= 15 is 0 Å². The molecule has 1 fully saturated rings. The zero-order valence-electron chi connectivity index (χ0n) is 18.3. The molecular formula is C23H25N5O4. The van der Waals surface area contributed by atoms with Gasteiger partial charge in [-0.2, -0.15) is 0 Å². The summed E-state index contributed by atoms with van der Waals surface area (Å²) in [5.41, 5.74) is 1.40. The Labute approximate surface area is 185 Å². The molecule has 1 unspecified atom stereocenters. The smallest absolute Gasteiger partial charge is 0.273 e. The molecule has 1 amide bonds. The fraction of sp³-hybridized carbons (Fsp3) is 0.348. The number of carbonyl (C=O) groups is 1. The first kappa shape index (κ1) is 21.6. The number of nitro groups is 1. The molecule has 32 heavy (non-hydrogen) atoms. The van der Waals surface area contributed by atoms with Crippen molar-refractivity contribution in [2.24, 2.45) is 7.05 Å². The number of fused-ring (bicyclic) bond motifs is 1. The molecule has 1 aliphatic rings. The number of rotatable bonds is 4. The Morgan fingerprint density at radius 1 is 1.12 bits per heavy atom. The van der Waals surface area contributed by atoms with Gasteiger partial charge in [-0.25, -0.2) is 4.98 Å². The van der Waals surface area contributed by atoms with Gasteiger partial charge >= 0.3 is 0 Å². The van der Waals surface area contributed by atoms with Crippen LogP contribution in [0.1, 0.15) is 34.7 Å². The van der Waals surface area contributed by atoms with Crippen LogP contribution in [0.3, 0.4) is 0 Å². The second-order valence-corrected chi connectivity index (χ2v) is 8.11. The van der Waals surface area contributed by atoms with Crippen molar-refractivity contribution < 1.29 is 9.72 Å². The van der Waals surface area contributed by atoms with Gasteiger partial charge < -0.3 is 4.90 Å². The Morgan fingerprint density at radius 3 is 2.50 bits per heavy atom. The number of aromatic nitrogens is 2. The average molecular weight is 435 g/mol. The number of para-hydroxylation sites is 1. The molecule has 2 heterocycles. The molecule has 0 bridgehead atoms. The van der Waals surface area contributed by atoms with Crippen LogP contribution >= 0.6 is 0 Å². The Kier molecular flexibility index (Phi) is 5.75. The maximum Gasteiger partial charge on any atom is 0.273 e. The summed E-state index contributed by atoms with van der Waals surface area (Å²) in [6, 6.07) is 11.8. The molecule has 1 atom stereocenters. The number of aryl methyl sites for hydroxylation is 1. The highest BCUT2D eigenvalue weighted by molar-refractivity contribution is 5.95. The monoisotopic (exact) mass is 435 g/mol. The van der Waals surface area contributed by atoms with Crippen molar-refractivity contribution in [1.82, 2.24) is 19.4 Å². The van der Waals surface area contributed by atoms with Crippen LogP contribution in [0.25, 0.3) is 10.9 Å². The van der Waals surface area contributed by atoms with Gasteiger partial charge in [0.1, 0.15) is 5.82 Å². The van der Waals surface area contributed by atoms with E-state index < -0.39 is 4.92 Å². The number of nitro benzene ring substituents is 1. The summed E-state index contributed by atoms with van der Waals surface area (Å²) in [6.07, 6.45) is 0. The second kappa shape index (κ2) is 8.51. The van der Waals surface area contributed by atoms with E-state index in [-0.39, 0.29) is 23.2 Å². The van der Waals surface area contributed by atoms with E-state index in [9.17, 15) is 19.7 Å². The molecule has 9 nitrogen and oxygen atoms in total. The van der Waals surface area contributed by atoms with Crippen molar-refractivity contribution in [2.45, 2.75) is 19.9 Å². The summed E-state index contributed by atoms with van der Waals surface area (Å²) in [5, 5.41) is 11.8. The maximum atomic E-state index is 12.9. The van der Waals surface area contributed by atoms with Gasteiger partial charge in [0.25, 0.3) is 17.2 Å². The van der Waals surface area contributed by atoms with Crippen LogP contribution < -0.4 is 5.56 Å². The van der Waals surface area contributed by atoms with E-state index in [0.29, 0.717) is 54.0 Å². The van der Waals surface area contributed by atoms with E-state index in [0.717, 1.165) is 0 Å². The predicted molar refractivity (Wildman–Crippen MR) is 121 cm³/mol. The molecule has 0 N–H and O–H groups in total. The van der Waals surface area contributed by atoms with Crippen molar-refractivity contribution in [2.75, 3.05) is 26.2 Å². The summed E-state index contributed by atoms with van der Waals surface area (Å²) in [6.45, 7) is 5.88.